The molecule has 112 valence electrons. The quantitative estimate of drug-likeness (QED) is 0.892. The van der Waals surface area contributed by atoms with Crippen molar-refractivity contribution in [3.05, 3.63) is 34.2 Å². The van der Waals surface area contributed by atoms with Crippen LogP contribution in [-0.4, -0.2) is 27.0 Å². The Kier molecular flexibility index (Phi) is 3.16. The molecule has 3 heterocycles. The Balaban J connectivity index is 2.07. The van der Waals surface area contributed by atoms with Crippen molar-refractivity contribution in [3.63, 3.8) is 0 Å². The number of halogens is 3. The molecule has 2 N–H and O–H groups in total. The van der Waals surface area contributed by atoms with Crippen LogP contribution in [-0.2, 0) is 0 Å². The number of carboxylic acids is 1. The highest BCUT2D eigenvalue weighted by molar-refractivity contribution is 7.10. The van der Waals surface area contributed by atoms with Crippen LogP contribution in [0.1, 0.15) is 33.7 Å². The molecule has 3 rings (SSSR count). The lowest BCUT2D eigenvalue weighted by atomic mass is 10.0. The van der Waals surface area contributed by atoms with E-state index in [1.54, 1.807) is 17.5 Å². The van der Waals surface area contributed by atoms with Gasteiger partial charge in [0.25, 0.3) is 0 Å². The monoisotopic (exact) mass is 317 g/mol. The largest absolute Gasteiger partial charge is 0.477 e. The van der Waals surface area contributed by atoms with Crippen molar-refractivity contribution in [2.45, 2.75) is 24.7 Å². The zero-order valence-corrected chi connectivity index (χ0v) is 11.3. The summed E-state index contributed by atoms with van der Waals surface area (Å²) in [6, 6.07) is 1.05. The van der Waals surface area contributed by atoms with Crippen molar-refractivity contribution < 1.29 is 23.1 Å². The Morgan fingerprint density at radius 3 is 2.86 bits per heavy atom. The van der Waals surface area contributed by atoms with Crippen LogP contribution in [0.15, 0.2) is 23.7 Å². The molecule has 0 amide bonds. The molecule has 21 heavy (non-hydrogen) atoms. The molecule has 0 saturated heterocycles. The zero-order valence-electron chi connectivity index (χ0n) is 10.5. The molecule has 2 aromatic rings. The number of carbonyl (C=O) groups is 1. The number of hydrogen-bond donors (Lipinski definition) is 2. The maximum Gasteiger partial charge on any atom is 0.410 e. The average molecular weight is 317 g/mol. The smallest absolute Gasteiger partial charge is 0.410 e. The standard InChI is InChI=1S/C12H10F3N3O2S/c13-12(14,15)9-4-7(8-2-1-3-21-8)17-10-6(11(19)20)5-16-18(9)10/h1-3,5,7,9,17H,4H2,(H,19,20). The van der Waals surface area contributed by atoms with E-state index in [-0.39, 0.29) is 17.8 Å². The second kappa shape index (κ2) is 4.76. The highest BCUT2D eigenvalue weighted by atomic mass is 32.1. The van der Waals surface area contributed by atoms with Gasteiger partial charge in [-0.05, 0) is 11.4 Å². The molecule has 0 aliphatic carbocycles. The fourth-order valence-electron chi connectivity index (χ4n) is 2.40. The van der Waals surface area contributed by atoms with Crippen molar-refractivity contribution >= 4 is 23.1 Å². The minimum atomic E-state index is -4.49. The van der Waals surface area contributed by atoms with Crippen molar-refractivity contribution in [2.24, 2.45) is 0 Å². The number of nitrogens with one attached hydrogen (secondary N) is 1. The van der Waals surface area contributed by atoms with E-state index in [2.05, 4.69) is 10.4 Å². The predicted octanol–water partition coefficient (Wildman–Crippen LogP) is 3.30. The van der Waals surface area contributed by atoms with Gasteiger partial charge in [0.2, 0.25) is 0 Å². The molecular weight excluding hydrogens is 307 g/mol. The molecular formula is C12H10F3N3O2S. The van der Waals surface area contributed by atoms with Gasteiger partial charge in [-0.3, -0.25) is 0 Å². The van der Waals surface area contributed by atoms with Crippen molar-refractivity contribution in [1.29, 1.82) is 0 Å². The summed E-state index contributed by atoms with van der Waals surface area (Å²) in [6.07, 6.45) is -3.77. The first-order valence-electron chi connectivity index (χ1n) is 6.05. The molecule has 1 aliphatic rings. The number of fused-ring (bicyclic) bond motifs is 1. The summed E-state index contributed by atoms with van der Waals surface area (Å²) in [4.78, 5) is 11.8. The third kappa shape index (κ3) is 2.37. The minimum Gasteiger partial charge on any atom is -0.477 e. The summed E-state index contributed by atoms with van der Waals surface area (Å²) in [5.74, 6) is -1.41. The Morgan fingerprint density at radius 2 is 2.29 bits per heavy atom. The third-order valence-electron chi connectivity index (χ3n) is 3.36. The van der Waals surface area contributed by atoms with Gasteiger partial charge >= 0.3 is 12.1 Å². The summed E-state index contributed by atoms with van der Waals surface area (Å²) < 4.78 is 40.4. The van der Waals surface area contributed by atoms with Crippen LogP contribution in [0, 0.1) is 0 Å². The van der Waals surface area contributed by atoms with Crippen LogP contribution in [0.25, 0.3) is 0 Å². The summed E-state index contributed by atoms with van der Waals surface area (Å²) in [6.45, 7) is 0. The molecule has 0 bridgehead atoms. The number of thiophene rings is 1. The van der Waals surface area contributed by atoms with E-state index in [0.717, 1.165) is 11.1 Å². The second-order valence-corrected chi connectivity index (χ2v) is 5.64. The molecule has 2 unspecified atom stereocenters. The van der Waals surface area contributed by atoms with Crippen LogP contribution < -0.4 is 5.32 Å². The molecule has 0 saturated carbocycles. The summed E-state index contributed by atoms with van der Waals surface area (Å²) >= 11 is 1.33. The zero-order chi connectivity index (χ0) is 15.2. The third-order valence-corrected chi connectivity index (χ3v) is 4.34. The van der Waals surface area contributed by atoms with Gasteiger partial charge in [-0.25, -0.2) is 9.48 Å². The van der Waals surface area contributed by atoms with Gasteiger partial charge in [-0.15, -0.1) is 11.3 Å². The number of hydrogen-bond acceptors (Lipinski definition) is 4. The van der Waals surface area contributed by atoms with Gasteiger partial charge in [-0.2, -0.15) is 18.3 Å². The number of aromatic nitrogens is 2. The van der Waals surface area contributed by atoms with Gasteiger partial charge in [-0.1, -0.05) is 6.07 Å². The molecule has 0 spiro atoms. The summed E-state index contributed by atoms with van der Waals surface area (Å²) in [7, 11) is 0. The van der Waals surface area contributed by atoms with E-state index in [4.69, 9.17) is 5.11 Å². The van der Waals surface area contributed by atoms with Crippen LogP contribution in [0.2, 0.25) is 0 Å². The molecule has 0 aromatic carbocycles. The van der Waals surface area contributed by atoms with E-state index in [1.165, 1.54) is 11.3 Å². The van der Waals surface area contributed by atoms with Crippen LogP contribution in [0.5, 0.6) is 0 Å². The fraction of sp³-hybridized carbons (Fsp3) is 0.333. The number of anilines is 1. The number of rotatable bonds is 2. The predicted molar refractivity (Wildman–Crippen MR) is 69.6 cm³/mol. The molecule has 5 nitrogen and oxygen atoms in total. The topological polar surface area (TPSA) is 67.1 Å². The first kappa shape index (κ1) is 13.9. The number of aromatic carboxylic acids is 1. The lowest BCUT2D eigenvalue weighted by Gasteiger charge is -2.33. The van der Waals surface area contributed by atoms with Crippen molar-refractivity contribution in [3.8, 4) is 0 Å². The van der Waals surface area contributed by atoms with Gasteiger partial charge < -0.3 is 10.4 Å². The maximum atomic E-state index is 13.2. The normalized spacial score (nSPS) is 21.7. The van der Waals surface area contributed by atoms with Crippen molar-refractivity contribution in [1.82, 2.24) is 9.78 Å². The fourth-order valence-corrected chi connectivity index (χ4v) is 3.19. The van der Waals surface area contributed by atoms with E-state index < -0.39 is 24.2 Å². The van der Waals surface area contributed by atoms with Gasteiger partial charge in [0.15, 0.2) is 6.04 Å². The Hall–Kier alpha value is -2.03. The molecule has 9 heteroatoms. The first-order valence-corrected chi connectivity index (χ1v) is 6.93. The lowest BCUT2D eigenvalue weighted by molar-refractivity contribution is -0.173. The minimum absolute atomic E-state index is 0.102. The first-order chi connectivity index (χ1) is 9.88. The summed E-state index contributed by atoms with van der Waals surface area (Å²) in [5, 5.41) is 17.3. The average Bonchev–Trinajstić information content (AvgIpc) is 3.05. The number of alkyl halides is 3. The Labute approximate surface area is 121 Å². The number of nitrogens with zero attached hydrogens (tertiary/aromatic N) is 2. The molecule has 2 atom stereocenters. The highest BCUT2D eigenvalue weighted by Gasteiger charge is 2.47. The van der Waals surface area contributed by atoms with Gasteiger partial charge in [0, 0.05) is 11.3 Å². The van der Waals surface area contributed by atoms with E-state index in [9.17, 15) is 18.0 Å². The van der Waals surface area contributed by atoms with Gasteiger partial charge in [0.1, 0.15) is 11.4 Å². The van der Waals surface area contributed by atoms with Crippen LogP contribution >= 0.6 is 11.3 Å². The molecule has 0 fully saturated rings. The van der Waals surface area contributed by atoms with Crippen molar-refractivity contribution in [2.75, 3.05) is 5.32 Å². The SMILES string of the molecule is O=C(O)c1cnn2c1NC(c1cccs1)CC2C(F)(F)F. The maximum absolute atomic E-state index is 13.2. The summed E-state index contributed by atoms with van der Waals surface area (Å²) in [5.41, 5.74) is -0.259. The second-order valence-electron chi connectivity index (χ2n) is 4.66. The molecule has 1 aliphatic heterocycles. The lowest BCUT2D eigenvalue weighted by Crippen LogP contribution is -2.35. The van der Waals surface area contributed by atoms with Crippen LogP contribution in [0.4, 0.5) is 19.0 Å². The van der Waals surface area contributed by atoms with E-state index in [0.29, 0.717) is 4.68 Å². The molecule has 0 radical (unpaired) electrons. The Morgan fingerprint density at radius 1 is 1.52 bits per heavy atom. The van der Waals surface area contributed by atoms with E-state index >= 15 is 0 Å². The molecule has 2 aromatic heterocycles. The Bertz CT molecular complexity index is 666. The van der Waals surface area contributed by atoms with Gasteiger partial charge in [0.05, 0.1) is 12.2 Å². The van der Waals surface area contributed by atoms with E-state index in [1.807, 2.05) is 0 Å². The van der Waals surface area contributed by atoms with Crippen LogP contribution in [0.3, 0.4) is 0 Å². The highest BCUT2D eigenvalue weighted by Crippen LogP contribution is 2.44. The number of carboxylic acid groups (broad SMARTS) is 1.